The van der Waals surface area contributed by atoms with E-state index in [0.717, 1.165) is 49.4 Å². The summed E-state index contributed by atoms with van der Waals surface area (Å²) in [5.74, 6) is 1.92. The van der Waals surface area contributed by atoms with Gasteiger partial charge in [-0.1, -0.05) is 30.3 Å². The van der Waals surface area contributed by atoms with Crippen molar-refractivity contribution in [2.75, 3.05) is 18.0 Å². The van der Waals surface area contributed by atoms with Crippen LogP contribution in [0.1, 0.15) is 35.1 Å². The standard InChI is InChI=1S/C25H27N5O/c1-18-14-21(16-26)15-19(2)24(18)31-23-10-13-28-25(29-23)30(22-8-11-27-12-9-22)17-20-6-4-3-5-7-20/h3-7,10,13-15,22,27H,8-9,11-12,17H2,1-2H3. The van der Waals surface area contributed by atoms with Gasteiger partial charge in [-0.25, -0.2) is 4.98 Å². The van der Waals surface area contributed by atoms with E-state index in [1.165, 1.54) is 5.56 Å². The molecular weight excluding hydrogens is 386 g/mol. The van der Waals surface area contributed by atoms with Crippen LogP contribution in [0.4, 0.5) is 5.95 Å². The molecule has 2 aromatic carbocycles. The second kappa shape index (κ2) is 9.59. The molecule has 0 bridgehead atoms. The van der Waals surface area contributed by atoms with Gasteiger partial charge in [0.2, 0.25) is 11.8 Å². The van der Waals surface area contributed by atoms with Crippen LogP contribution in [0.25, 0.3) is 0 Å². The largest absolute Gasteiger partial charge is 0.438 e. The first-order valence-corrected chi connectivity index (χ1v) is 10.7. The van der Waals surface area contributed by atoms with Gasteiger partial charge in [0.1, 0.15) is 5.75 Å². The Hall–Kier alpha value is -3.43. The summed E-state index contributed by atoms with van der Waals surface area (Å²) in [5.41, 5.74) is 3.69. The highest BCUT2D eigenvalue weighted by molar-refractivity contribution is 5.48. The normalized spacial score (nSPS) is 14.1. The minimum atomic E-state index is 0.370. The van der Waals surface area contributed by atoms with Crippen LogP contribution >= 0.6 is 0 Å². The maximum Gasteiger partial charge on any atom is 0.229 e. The maximum absolute atomic E-state index is 9.19. The van der Waals surface area contributed by atoms with E-state index in [2.05, 4.69) is 45.5 Å². The molecule has 158 valence electrons. The first-order chi connectivity index (χ1) is 15.1. The SMILES string of the molecule is Cc1cc(C#N)cc(C)c1Oc1ccnc(N(Cc2ccccc2)C2CCNCC2)n1. The molecule has 0 atom stereocenters. The second-order valence-corrected chi connectivity index (χ2v) is 7.94. The quantitative estimate of drug-likeness (QED) is 0.641. The predicted octanol–water partition coefficient (Wildman–Crippen LogP) is 4.52. The van der Waals surface area contributed by atoms with E-state index in [1.807, 2.05) is 32.0 Å². The zero-order valence-electron chi connectivity index (χ0n) is 18.0. The minimum Gasteiger partial charge on any atom is -0.438 e. The molecule has 0 spiro atoms. The summed E-state index contributed by atoms with van der Waals surface area (Å²) in [6.45, 7) is 6.64. The Bertz CT molecular complexity index is 1050. The Kier molecular flexibility index (Phi) is 6.44. The van der Waals surface area contributed by atoms with Crippen molar-refractivity contribution in [3.8, 4) is 17.7 Å². The van der Waals surface area contributed by atoms with E-state index in [4.69, 9.17) is 9.72 Å². The molecule has 1 aromatic heterocycles. The molecule has 4 rings (SSSR count). The van der Waals surface area contributed by atoms with Crippen molar-refractivity contribution < 1.29 is 4.74 Å². The van der Waals surface area contributed by atoms with Gasteiger partial charge in [-0.3, -0.25) is 0 Å². The average molecular weight is 414 g/mol. The fourth-order valence-corrected chi connectivity index (χ4v) is 4.07. The highest BCUT2D eigenvalue weighted by Crippen LogP contribution is 2.30. The fraction of sp³-hybridized carbons (Fsp3) is 0.320. The van der Waals surface area contributed by atoms with Gasteiger partial charge in [0.25, 0.3) is 0 Å². The number of rotatable bonds is 6. The molecule has 0 aliphatic carbocycles. The van der Waals surface area contributed by atoms with Gasteiger partial charge < -0.3 is 15.0 Å². The minimum absolute atomic E-state index is 0.370. The summed E-state index contributed by atoms with van der Waals surface area (Å²) < 4.78 is 6.17. The molecule has 1 fully saturated rings. The third-order valence-corrected chi connectivity index (χ3v) is 5.62. The molecule has 6 nitrogen and oxygen atoms in total. The molecule has 1 N–H and O–H groups in total. The number of piperidine rings is 1. The maximum atomic E-state index is 9.19. The summed E-state index contributed by atoms with van der Waals surface area (Å²) in [7, 11) is 0. The molecule has 6 heteroatoms. The smallest absolute Gasteiger partial charge is 0.229 e. The van der Waals surface area contributed by atoms with Crippen molar-refractivity contribution in [2.45, 2.75) is 39.3 Å². The van der Waals surface area contributed by atoms with Crippen LogP contribution in [0, 0.1) is 25.2 Å². The molecule has 0 radical (unpaired) electrons. The monoisotopic (exact) mass is 413 g/mol. The van der Waals surface area contributed by atoms with Crippen LogP contribution in [0.2, 0.25) is 0 Å². The van der Waals surface area contributed by atoms with Gasteiger partial charge in [-0.2, -0.15) is 10.2 Å². The first kappa shape index (κ1) is 20.8. The molecule has 1 aliphatic rings. The number of nitriles is 1. The number of aryl methyl sites for hydroxylation is 2. The molecular formula is C25H27N5O. The summed E-state index contributed by atoms with van der Waals surface area (Å²) in [6, 6.07) is 18.4. The lowest BCUT2D eigenvalue weighted by Gasteiger charge is -2.35. The molecule has 0 amide bonds. The van der Waals surface area contributed by atoms with Gasteiger partial charge >= 0.3 is 0 Å². The van der Waals surface area contributed by atoms with Crippen LogP contribution in [0.15, 0.2) is 54.7 Å². The summed E-state index contributed by atoms with van der Waals surface area (Å²) in [5, 5.41) is 12.6. The number of nitrogens with one attached hydrogen (secondary N) is 1. The van der Waals surface area contributed by atoms with Crippen molar-refractivity contribution in [1.29, 1.82) is 5.26 Å². The van der Waals surface area contributed by atoms with Crippen LogP contribution in [0.3, 0.4) is 0 Å². The lowest BCUT2D eigenvalue weighted by atomic mass is 10.0. The zero-order chi connectivity index (χ0) is 21.6. The van der Waals surface area contributed by atoms with E-state index in [-0.39, 0.29) is 0 Å². The first-order valence-electron chi connectivity index (χ1n) is 10.7. The molecule has 0 saturated carbocycles. The predicted molar refractivity (Wildman–Crippen MR) is 121 cm³/mol. The average Bonchev–Trinajstić information content (AvgIpc) is 2.81. The third kappa shape index (κ3) is 5.01. The topological polar surface area (TPSA) is 74.1 Å². The Balaban J connectivity index is 1.63. The number of nitrogens with zero attached hydrogens (tertiary/aromatic N) is 4. The van der Waals surface area contributed by atoms with Crippen molar-refractivity contribution in [1.82, 2.24) is 15.3 Å². The number of benzene rings is 2. The van der Waals surface area contributed by atoms with Gasteiger partial charge in [0.05, 0.1) is 11.6 Å². The third-order valence-electron chi connectivity index (χ3n) is 5.62. The Morgan fingerprint density at radius 1 is 1.10 bits per heavy atom. The molecule has 1 saturated heterocycles. The van der Waals surface area contributed by atoms with Crippen LogP contribution in [-0.2, 0) is 6.54 Å². The summed E-state index contributed by atoms with van der Waals surface area (Å²) in [6.07, 6.45) is 3.86. The van der Waals surface area contributed by atoms with E-state index in [0.29, 0.717) is 23.4 Å². The van der Waals surface area contributed by atoms with Crippen LogP contribution in [-0.4, -0.2) is 29.1 Å². The number of anilines is 1. The lowest BCUT2D eigenvalue weighted by Crippen LogP contribution is -2.43. The molecule has 0 unspecified atom stereocenters. The Labute approximate surface area is 183 Å². The van der Waals surface area contributed by atoms with Crippen molar-refractivity contribution in [2.24, 2.45) is 0 Å². The molecule has 31 heavy (non-hydrogen) atoms. The second-order valence-electron chi connectivity index (χ2n) is 7.94. The summed E-state index contributed by atoms with van der Waals surface area (Å²) in [4.78, 5) is 11.7. The number of hydrogen-bond donors (Lipinski definition) is 1. The van der Waals surface area contributed by atoms with Gasteiger partial charge in [-0.15, -0.1) is 0 Å². The Morgan fingerprint density at radius 3 is 2.48 bits per heavy atom. The number of aromatic nitrogens is 2. The van der Waals surface area contributed by atoms with Gasteiger partial charge in [0.15, 0.2) is 0 Å². The van der Waals surface area contributed by atoms with E-state index in [9.17, 15) is 5.26 Å². The van der Waals surface area contributed by atoms with E-state index in [1.54, 1.807) is 12.3 Å². The van der Waals surface area contributed by atoms with E-state index < -0.39 is 0 Å². The molecule has 1 aliphatic heterocycles. The number of ether oxygens (including phenoxy) is 1. The van der Waals surface area contributed by atoms with E-state index >= 15 is 0 Å². The van der Waals surface area contributed by atoms with Crippen molar-refractivity contribution >= 4 is 5.95 Å². The summed E-state index contributed by atoms with van der Waals surface area (Å²) >= 11 is 0. The molecule has 2 heterocycles. The van der Waals surface area contributed by atoms with Gasteiger partial charge in [-0.05, 0) is 68.6 Å². The fourth-order valence-electron chi connectivity index (χ4n) is 4.07. The Morgan fingerprint density at radius 2 is 1.81 bits per heavy atom. The zero-order valence-corrected chi connectivity index (χ0v) is 18.0. The van der Waals surface area contributed by atoms with Crippen molar-refractivity contribution in [3.63, 3.8) is 0 Å². The number of hydrogen-bond acceptors (Lipinski definition) is 6. The van der Waals surface area contributed by atoms with Crippen LogP contribution in [0.5, 0.6) is 11.6 Å². The van der Waals surface area contributed by atoms with Crippen LogP contribution < -0.4 is 15.0 Å². The van der Waals surface area contributed by atoms with Gasteiger partial charge in [0, 0.05) is 24.8 Å². The highest BCUT2D eigenvalue weighted by atomic mass is 16.5. The van der Waals surface area contributed by atoms with Crippen molar-refractivity contribution in [3.05, 3.63) is 77.0 Å². The molecule has 3 aromatic rings. The highest BCUT2D eigenvalue weighted by Gasteiger charge is 2.24. The lowest BCUT2D eigenvalue weighted by molar-refractivity contribution is 0.418.